The lowest BCUT2D eigenvalue weighted by molar-refractivity contribution is 0.0526. The Bertz CT molecular complexity index is 804. The molecule has 0 aromatic heterocycles. The summed E-state index contributed by atoms with van der Waals surface area (Å²) in [5.74, 6) is 0. The summed E-state index contributed by atoms with van der Waals surface area (Å²) in [4.78, 5) is 57.9. The molecule has 0 saturated heterocycles. The van der Waals surface area contributed by atoms with Gasteiger partial charge in [0.05, 0.1) is 26.4 Å². The van der Waals surface area contributed by atoms with Gasteiger partial charge in [0.1, 0.15) is 0 Å². The summed E-state index contributed by atoms with van der Waals surface area (Å²) in [6.07, 6.45) is 9.58. The summed E-state index contributed by atoms with van der Waals surface area (Å²) in [5.41, 5.74) is 0. The molecule has 0 aromatic carbocycles. The number of nitrogens with one attached hydrogen (secondary N) is 6. The molecule has 6 amide bonds. The van der Waals surface area contributed by atoms with Gasteiger partial charge in [0, 0.05) is 39.3 Å². The minimum Gasteiger partial charge on any atom is -0.450 e. The first kappa shape index (κ1) is 42.3. The van der Waals surface area contributed by atoms with E-state index in [1.165, 1.54) is 0 Å². The zero-order valence-corrected chi connectivity index (χ0v) is 28.1. The molecule has 0 spiro atoms. The Morgan fingerprint density at radius 2 is 0.674 bits per heavy atom. The molecule has 15 heteroatoms. The fourth-order valence-electron chi connectivity index (χ4n) is 3.79. The van der Waals surface area contributed by atoms with E-state index in [4.69, 9.17) is 18.9 Å². The van der Waals surface area contributed by atoms with Crippen molar-refractivity contribution in [2.45, 2.75) is 104 Å². The number of unbranched alkanes of at least 4 members (excludes halogenated alkanes) is 8. The van der Waals surface area contributed by atoms with Crippen molar-refractivity contribution in [2.75, 3.05) is 65.7 Å². The molecule has 0 unspecified atom stereocenters. The van der Waals surface area contributed by atoms with Crippen LogP contribution >= 0.6 is 0 Å². The van der Waals surface area contributed by atoms with Gasteiger partial charge in [0.2, 0.25) is 0 Å². The van der Waals surface area contributed by atoms with Crippen molar-refractivity contribution < 1.29 is 42.9 Å². The fourth-order valence-corrected chi connectivity index (χ4v) is 3.79. The predicted molar refractivity (Wildman–Crippen MR) is 175 cm³/mol. The molecule has 15 nitrogen and oxygen atoms in total. The topological polar surface area (TPSA) is 194 Å². The lowest BCUT2D eigenvalue weighted by Gasteiger charge is -2.09. The van der Waals surface area contributed by atoms with E-state index in [1.54, 1.807) is 0 Å². The standard InChI is InChI=1S/C31H60N6O9/c1-3-17-32-27(38)33-19-9-10-20-34-28(39)35-21-11-12-22-37-30(41)44-24-14-6-8-16-26-46-31(42)45-25-15-7-5-13-23-43-29(40)36-18-4-2/h3-26H2,1-2H3,(H,36,40)(H,37,41)(H2,32,33,38)(H2,34,35,39). The molecule has 0 radical (unpaired) electrons. The number of amides is 6. The number of urea groups is 2. The van der Waals surface area contributed by atoms with Gasteiger partial charge in [-0.2, -0.15) is 0 Å². The Morgan fingerprint density at radius 1 is 0.370 bits per heavy atom. The van der Waals surface area contributed by atoms with Crippen molar-refractivity contribution in [3.05, 3.63) is 0 Å². The van der Waals surface area contributed by atoms with Crippen LogP contribution in [0.5, 0.6) is 0 Å². The predicted octanol–water partition coefficient (Wildman–Crippen LogP) is 4.69. The van der Waals surface area contributed by atoms with Gasteiger partial charge in [-0.15, -0.1) is 0 Å². The second-order valence-corrected chi connectivity index (χ2v) is 10.7. The van der Waals surface area contributed by atoms with Crippen LogP contribution in [-0.2, 0) is 18.9 Å². The maximum Gasteiger partial charge on any atom is 0.508 e. The molecule has 0 rings (SSSR count). The minimum absolute atomic E-state index is 0.166. The second kappa shape index (κ2) is 32.7. The first-order valence-corrected chi connectivity index (χ1v) is 17.0. The number of carbonyl (C=O) groups excluding carboxylic acids is 5. The number of rotatable bonds is 28. The highest BCUT2D eigenvalue weighted by molar-refractivity contribution is 5.74. The summed E-state index contributed by atoms with van der Waals surface area (Å²) >= 11 is 0. The van der Waals surface area contributed by atoms with Crippen molar-refractivity contribution in [2.24, 2.45) is 0 Å². The molecule has 0 aromatic rings. The Balaban J connectivity index is 3.39. The quantitative estimate of drug-likeness (QED) is 0.0392. The molecular formula is C31H60N6O9. The van der Waals surface area contributed by atoms with Gasteiger partial charge < -0.3 is 50.8 Å². The summed E-state index contributed by atoms with van der Waals surface area (Å²) in [7, 11) is 0. The van der Waals surface area contributed by atoms with Crippen molar-refractivity contribution in [1.29, 1.82) is 0 Å². The van der Waals surface area contributed by atoms with Crippen LogP contribution in [-0.4, -0.2) is 96.1 Å². The van der Waals surface area contributed by atoms with Crippen LogP contribution < -0.4 is 31.9 Å². The van der Waals surface area contributed by atoms with Gasteiger partial charge in [0.15, 0.2) is 0 Å². The third-order valence-corrected chi connectivity index (χ3v) is 6.37. The van der Waals surface area contributed by atoms with Crippen LogP contribution in [0.4, 0.5) is 24.0 Å². The molecular weight excluding hydrogens is 600 g/mol. The SMILES string of the molecule is CCCNC(=O)NCCCCNC(=O)NCCCCNC(=O)OCCCCCCOC(=O)OCCCCCCOC(=O)NCCC. The second-order valence-electron chi connectivity index (χ2n) is 10.7. The number of ether oxygens (including phenoxy) is 4. The number of hydrogen-bond donors (Lipinski definition) is 6. The van der Waals surface area contributed by atoms with Crippen LogP contribution in [0.1, 0.15) is 104 Å². The minimum atomic E-state index is -0.666. The van der Waals surface area contributed by atoms with E-state index in [0.717, 1.165) is 77.0 Å². The van der Waals surface area contributed by atoms with Gasteiger partial charge in [-0.1, -0.05) is 13.8 Å². The van der Waals surface area contributed by atoms with E-state index in [1.807, 2.05) is 13.8 Å². The lowest BCUT2D eigenvalue weighted by atomic mass is 10.2. The van der Waals surface area contributed by atoms with Gasteiger partial charge in [0.25, 0.3) is 0 Å². The normalized spacial score (nSPS) is 10.3. The van der Waals surface area contributed by atoms with Crippen LogP contribution in [0.25, 0.3) is 0 Å². The third kappa shape index (κ3) is 31.8. The average molecular weight is 661 g/mol. The Kier molecular flexibility index (Phi) is 30.1. The van der Waals surface area contributed by atoms with Crippen molar-refractivity contribution in [3.63, 3.8) is 0 Å². The van der Waals surface area contributed by atoms with E-state index in [-0.39, 0.29) is 24.8 Å². The summed E-state index contributed by atoms with van der Waals surface area (Å²) in [6, 6.07) is -0.398. The molecule has 6 N–H and O–H groups in total. The molecule has 0 heterocycles. The fraction of sp³-hybridized carbons (Fsp3) is 0.839. The van der Waals surface area contributed by atoms with Crippen molar-refractivity contribution in [1.82, 2.24) is 31.9 Å². The first-order valence-electron chi connectivity index (χ1n) is 17.0. The van der Waals surface area contributed by atoms with E-state index in [0.29, 0.717) is 71.9 Å². The van der Waals surface area contributed by atoms with E-state index in [2.05, 4.69) is 31.9 Å². The molecule has 0 aliphatic rings. The Hall–Kier alpha value is -3.65. The smallest absolute Gasteiger partial charge is 0.450 e. The molecule has 0 aliphatic carbocycles. The number of hydrogen-bond acceptors (Lipinski definition) is 9. The highest BCUT2D eigenvalue weighted by Crippen LogP contribution is 2.04. The van der Waals surface area contributed by atoms with Gasteiger partial charge in [-0.05, 0) is 89.9 Å². The highest BCUT2D eigenvalue weighted by Gasteiger charge is 2.05. The zero-order chi connectivity index (χ0) is 33.9. The summed E-state index contributed by atoms with van der Waals surface area (Å²) in [5, 5.41) is 16.4. The molecule has 268 valence electrons. The molecule has 0 fully saturated rings. The van der Waals surface area contributed by atoms with Crippen molar-refractivity contribution >= 4 is 30.4 Å². The van der Waals surface area contributed by atoms with Gasteiger partial charge in [-0.25, -0.2) is 24.0 Å². The third-order valence-electron chi connectivity index (χ3n) is 6.37. The maximum atomic E-state index is 11.8. The zero-order valence-electron chi connectivity index (χ0n) is 28.1. The number of alkyl carbamates (subject to hydrolysis) is 2. The van der Waals surface area contributed by atoms with Crippen LogP contribution in [0.3, 0.4) is 0 Å². The highest BCUT2D eigenvalue weighted by atomic mass is 16.7. The molecule has 46 heavy (non-hydrogen) atoms. The molecule has 0 atom stereocenters. The lowest BCUT2D eigenvalue weighted by Crippen LogP contribution is -2.38. The average Bonchev–Trinajstić information content (AvgIpc) is 3.04. The Morgan fingerprint density at radius 3 is 1.07 bits per heavy atom. The summed E-state index contributed by atoms with van der Waals surface area (Å²) in [6.45, 7) is 8.57. The van der Waals surface area contributed by atoms with Gasteiger partial charge in [-0.3, -0.25) is 0 Å². The van der Waals surface area contributed by atoms with E-state index < -0.39 is 12.2 Å². The Labute approximate surface area is 274 Å². The molecule has 0 saturated carbocycles. The van der Waals surface area contributed by atoms with Gasteiger partial charge >= 0.3 is 30.4 Å². The maximum absolute atomic E-state index is 11.8. The molecule has 0 bridgehead atoms. The largest absolute Gasteiger partial charge is 0.508 e. The van der Waals surface area contributed by atoms with E-state index >= 15 is 0 Å². The summed E-state index contributed by atoms with van der Waals surface area (Å²) < 4.78 is 20.3. The number of carbonyl (C=O) groups is 5. The van der Waals surface area contributed by atoms with E-state index in [9.17, 15) is 24.0 Å². The van der Waals surface area contributed by atoms with Crippen LogP contribution in [0.15, 0.2) is 0 Å². The van der Waals surface area contributed by atoms with Crippen LogP contribution in [0.2, 0.25) is 0 Å². The molecule has 0 aliphatic heterocycles. The van der Waals surface area contributed by atoms with Crippen molar-refractivity contribution in [3.8, 4) is 0 Å². The van der Waals surface area contributed by atoms with Crippen LogP contribution in [0, 0.1) is 0 Å². The monoisotopic (exact) mass is 660 g/mol. The first-order chi connectivity index (χ1) is 22.4.